The molecule has 0 N–H and O–H groups in total. The average molecular weight is 227 g/mol. The van der Waals surface area contributed by atoms with Crippen molar-refractivity contribution in [3.63, 3.8) is 0 Å². The summed E-state index contributed by atoms with van der Waals surface area (Å²) in [5, 5.41) is -1.35. The molecule has 15 heavy (non-hydrogen) atoms. The first-order valence-electron chi connectivity index (χ1n) is 4.91. The van der Waals surface area contributed by atoms with E-state index >= 15 is 0 Å². The Hall–Kier alpha value is -0.700. The first kappa shape index (κ1) is 12.4. The quantitative estimate of drug-likeness (QED) is 0.719. The van der Waals surface area contributed by atoms with Gasteiger partial charge in [0.05, 0.1) is 5.69 Å². The first-order chi connectivity index (χ1) is 6.98. The summed E-state index contributed by atoms with van der Waals surface area (Å²) in [7, 11) is -4.69. The molecule has 0 amide bonds. The average Bonchev–Trinajstić information content (AvgIpc) is 2.20. The minimum atomic E-state index is -4.69. The van der Waals surface area contributed by atoms with Gasteiger partial charge in [0.2, 0.25) is 0 Å². The smallest absolute Gasteiger partial charge is 0.0515 e. The van der Waals surface area contributed by atoms with E-state index in [0.29, 0.717) is 5.69 Å². The predicted octanol–water partition coefficient (Wildman–Crippen LogP) is 1.01. The van der Waals surface area contributed by atoms with Crippen molar-refractivity contribution in [2.45, 2.75) is 31.8 Å². The van der Waals surface area contributed by atoms with Gasteiger partial charge in [-0.1, -0.05) is 27.5 Å². The summed E-state index contributed by atoms with van der Waals surface area (Å²) in [6, 6.07) is 4.98. The monoisotopic (exact) mass is 227 g/mol. The molecule has 0 atom stereocenters. The minimum Gasteiger partial charge on any atom is -0.810 e. The zero-order chi connectivity index (χ0) is 11.5. The van der Waals surface area contributed by atoms with E-state index in [4.69, 9.17) is 0 Å². The number of hydrogen-bond acceptors (Lipinski definition) is 4. The Morgan fingerprint density at radius 1 is 1.33 bits per heavy atom. The molecule has 1 aromatic heterocycles. The number of hydrogen-bond donors (Lipinski definition) is 0. The largest absolute Gasteiger partial charge is 0.810 e. The molecule has 0 radical (unpaired) electrons. The Morgan fingerprint density at radius 2 is 1.93 bits per heavy atom. The van der Waals surface area contributed by atoms with Crippen LogP contribution in [0.25, 0.3) is 0 Å². The summed E-state index contributed by atoms with van der Waals surface area (Å²) in [6.45, 7) is 3.39. The summed E-state index contributed by atoms with van der Waals surface area (Å²) < 4.78 is 11.3. The van der Waals surface area contributed by atoms with Crippen LogP contribution >= 0.6 is 7.60 Å². The molecule has 0 aromatic carbocycles. The van der Waals surface area contributed by atoms with Gasteiger partial charge in [-0.2, -0.15) is 0 Å². The molecular weight excluding hydrogens is 213 g/mol. The van der Waals surface area contributed by atoms with E-state index in [9.17, 15) is 14.4 Å². The molecule has 0 aliphatic rings. The fourth-order valence-electron chi connectivity index (χ4n) is 1.78. The highest BCUT2D eigenvalue weighted by Crippen LogP contribution is 2.54. The maximum absolute atomic E-state index is 11.3. The molecule has 0 spiro atoms. The maximum Gasteiger partial charge on any atom is 0.0515 e. The molecule has 0 aliphatic heterocycles. The van der Waals surface area contributed by atoms with Gasteiger partial charge in [-0.3, -0.25) is 4.98 Å². The van der Waals surface area contributed by atoms with Crippen LogP contribution in [0.15, 0.2) is 24.4 Å². The second-order valence-electron chi connectivity index (χ2n) is 3.45. The van der Waals surface area contributed by atoms with Gasteiger partial charge in [-0.05, 0) is 25.0 Å². The van der Waals surface area contributed by atoms with Crippen LogP contribution in [0.4, 0.5) is 0 Å². The summed E-state index contributed by atoms with van der Waals surface area (Å²) in [6.07, 6.45) is 2.01. The van der Waals surface area contributed by atoms with Gasteiger partial charge in [-0.15, -0.1) is 0 Å². The summed E-state index contributed by atoms with van der Waals surface area (Å²) >= 11 is 0. The second-order valence-corrected chi connectivity index (χ2v) is 5.30. The van der Waals surface area contributed by atoms with Gasteiger partial charge in [0.1, 0.15) is 0 Å². The maximum atomic E-state index is 11.3. The Balaban J connectivity index is 3.31. The van der Waals surface area contributed by atoms with Crippen LogP contribution in [-0.2, 0) is 9.72 Å². The van der Waals surface area contributed by atoms with Crippen molar-refractivity contribution in [3.8, 4) is 0 Å². The van der Waals surface area contributed by atoms with E-state index < -0.39 is 12.8 Å². The molecule has 5 heteroatoms. The lowest BCUT2D eigenvalue weighted by Crippen LogP contribution is -2.36. The van der Waals surface area contributed by atoms with E-state index in [1.54, 1.807) is 32.0 Å². The number of rotatable bonds is 4. The standard InChI is InChI=1S/C10H16NO3P/c1-3-10(4-2,15(12,13)14)9-7-5-6-8-11-9/h5-8H,3-4H2,1-2H3,(H2,12,13,14)/p-2. The normalized spacial score (nSPS) is 12.8. The molecule has 4 nitrogen and oxygen atoms in total. The molecule has 0 fully saturated rings. The lowest BCUT2D eigenvalue weighted by molar-refractivity contribution is -0.322. The molecule has 0 saturated heterocycles. The van der Waals surface area contributed by atoms with Gasteiger partial charge < -0.3 is 14.4 Å². The van der Waals surface area contributed by atoms with Crippen LogP contribution in [0.5, 0.6) is 0 Å². The molecule has 1 rings (SSSR count). The van der Waals surface area contributed by atoms with Crippen LogP contribution in [0.2, 0.25) is 0 Å². The second kappa shape index (κ2) is 4.44. The zero-order valence-electron chi connectivity index (χ0n) is 8.84. The summed E-state index contributed by atoms with van der Waals surface area (Å²) in [4.78, 5) is 26.7. The van der Waals surface area contributed by atoms with E-state index in [-0.39, 0.29) is 12.8 Å². The lowest BCUT2D eigenvalue weighted by Gasteiger charge is -2.48. The van der Waals surface area contributed by atoms with E-state index in [0.717, 1.165) is 0 Å². The van der Waals surface area contributed by atoms with Crippen molar-refractivity contribution in [2.24, 2.45) is 0 Å². The van der Waals surface area contributed by atoms with Crippen LogP contribution in [0, 0.1) is 0 Å². The highest BCUT2D eigenvalue weighted by Gasteiger charge is 2.33. The van der Waals surface area contributed by atoms with Crippen LogP contribution in [0.3, 0.4) is 0 Å². The van der Waals surface area contributed by atoms with Crippen molar-refractivity contribution in [3.05, 3.63) is 30.1 Å². The van der Waals surface area contributed by atoms with E-state index in [1.807, 2.05) is 0 Å². The Labute approximate surface area is 89.5 Å². The molecule has 0 bridgehead atoms. The third kappa shape index (κ3) is 2.12. The third-order valence-electron chi connectivity index (χ3n) is 2.84. The fraction of sp³-hybridized carbons (Fsp3) is 0.500. The molecule has 1 heterocycles. The molecular formula is C10H14NO3P-2. The number of aromatic nitrogens is 1. The number of nitrogens with zero attached hydrogens (tertiary/aromatic N) is 1. The minimum absolute atomic E-state index is 0.255. The van der Waals surface area contributed by atoms with Gasteiger partial charge in [0, 0.05) is 11.4 Å². The van der Waals surface area contributed by atoms with E-state index in [2.05, 4.69) is 4.98 Å². The highest BCUT2D eigenvalue weighted by molar-refractivity contribution is 7.50. The van der Waals surface area contributed by atoms with Gasteiger partial charge >= 0.3 is 0 Å². The zero-order valence-corrected chi connectivity index (χ0v) is 9.74. The lowest BCUT2D eigenvalue weighted by atomic mass is 9.97. The van der Waals surface area contributed by atoms with E-state index in [1.165, 1.54) is 6.20 Å². The van der Waals surface area contributed by atoms with Crippen molar-refractivity contribution in [1.29, 1.82) is 0 Å². The molecule has 1 aromatic rings. The van der Waals surface area contributed by atoms with Gasteiger partial charge in [0.15, 0.2) is 0 Å². The topological polar surface area (TPSA) is 76.1 Å². The third-order valence-corrected chi connectivity index (χ3v) is 4.75. The first-order valence-corrected chi connectivity index (χ1v) is 6.46. The van der Waals surface area contributed by atoms with Crippen LogP contribution in [-0.4, -0.2) is 4.98 Å². The fourth-order valence-corrected chi connectivity index (χ4v) is 2.97. The SMILES string of the molecule is CCC(CC)(c1ccccn1)P(=O)([O-])[O-]. The Morgan fingerprint density at radius 3 is 2.27 bits per heavy atom. The molecule has 0 aliphatic carbocycles. The van der Waals surface area contributed by atoms with Gasteiger partial charge in [-0.25, -0.2) is 0 Å². The highest BCUT2D eigenvalue weighted by atomic mass is 31.2. The van der Waals surface area contributed by atoms with Crippen molar-refractivity contribution >= 4 is 7.60 Å². The Kier molecular flexibility index (Phi) is 3.66. The van der Waals surface area contributed by atoms with Crippen molar-refractivity contribution < 1.29 is 14.4 Å². The van der Waals surface area contributed by atoms with Crippen LogP contribution < -0.4 is 9.79 Å². The Bertz CT molecular complexity index is 356. The van der Waals surface area contributed by atoms with Crippen LogP contribution in [0.1, 0.15) is 32.4 Å². The number of pyridine rings is 1. The molecule has 0 saturated carbocycles. The van der Waals surface area contributed by atoms with Gasteiger partial charge in [0.25, 0.3) is 0 Å². The summed E-state index contributed by atoms with van der Waals surface area (Å²) in [5.74, 6) is 0. The van der Waals surface area contributed by atoms with Crippen molar-refractivity contribution in [1.82, 2.24) is 4.98 Å². The molecule has 0 unspecified atom stereocenters. The van der Waals surface area contributed by atoms with Crippen molar-refractivity contribution in [2.75, 3.05) is 0 Å². The predicted molar refractivity (Wildman–Crippen MR) is 54.1 cm³/mol. The summed E-state index contributed by atoms with van der Waals surface area (Å²) in [5.41, 5.74) is 0.350. The molecule has 84 valence electrons.